The average Bonchev–Trinajstić information content (AvgIpc) is 3.70. The summed E-state index contributed by atoms with van der Waals surface area (Å²) < 4.78 is 120. The summed E-state index contributed by atoms with van der Waals surface area (Å²) in [6.07, 6.45) is 0. The molecule has 216 valence electrons. The summed E-state index contributed by atoms with van der Waals surface area (Å²) in [5, 5.41) is 0.304. The Morgan fingerprint density at radius 3 is 1.91 bits per heavy atom. The summed E-state index contributed by atoms with van der Waals surface area (Å²) in [6.45, 7) is 4.28. The molecule has 0 spiro atoms. The molecule has 1 aliphatic rings. The molecule has 0 bridgehead atoms. The minimum Gasteiger partial charge on any atom is -0.309 e. The van der Waals surface area contributed by atoms with Gasteiger partial charge in [-0.15, -0.1) is 0 Å². The first-order valence-corrected chi connectivity index (χ1v) is 15.2. The normalized spacial score (nSPS) is 17.6. The van der Waals surface area contributed by atoms with E-state index in [4.69, 9.17) is 6.85 Å². The molecule has 0 radical (unpaired) electrons. The zero-order valence-corrected chi connectivity index (χ0v) is 24.9. The predicted octanol–water partition coefficient (Wildman–Crippen LogP) is 12.2. The van der Waals surface area contributed by atoms with E-state index in [1.165, 1.54) is 0 Å². The van der Waals surface area contributed by atoms with Crippen LogP contribution in [0.5, 0.6) is 0 Å². The third kappa shape index (κ3) is 3.30. The van der Waals surface area contributed by atoms with Crippen molar-refractivity contribution >= 4 is 43.2 Å². The van der Waals surface area contributed by atoms with Gasteiger partial charge in [-0.3, -0.25) is 0 Å². The van der Waals surface area contributed by atoms with Crippen LogP contribution in [0.4, 0.5) is 0 Å². The number of fused-ring (bicyclic) bond motifs is 5. The second-order valence-electron chi connectivity index (χ2n) is 12.3. The zero-order valence-electron chi connectivity index (χ0n) is 37.9. The Morgan fingerprint density at radius 2 is 1.15 bits per heavy atom. The topological polar surface area (TPSA) is 4.93 Å². The lowest BCUT2D eigenvalue weighted by atomic mass is 9.80. The minimum atomic E-state index is -0.687. The molecule has 8 aromatic carbocycles. The smallest absolute Gasteiger partial charge is 0.0630 e. The van der Waals surface area contributed by atoms with Crippen molar-refractivity contribution in [1.29, 1.82) is 0 Å². The van der Waals surface area contributed by atoms with Gasteiger partial charge in [0, 0.05) is 22.1 Å². The van der Waals surface area contributed by atoms with Crippen LogP contribution in [0.3, 0.4) is 0 Å². The highest BCUT2D eigenvalue weighted by Crippen LogP contribution is 2.56. The van der Waals surface area contributed by atoms with Crippen molar-refractivity contribution in [2.45, 2.75) is 19.3 Å². The van der Waals surface area contributed by atoms with E-state index in [2.05, 4.69) is 30.5 Å². The fourth-order valence-electron chi connectivity index (χ4n) is 7.58. The van der Waals surface area contributed by atoms with Gasteiger partial charge < -0.3 is 4.57 Å². The molecular weight excluding hydrogens is 555 g/mol. The van der Waals surface area contributed by atoms with Gasteiger partial charge in [-0.1, -0.05) is 147 Å². The van der Waals surface area contributed by atoms with E-state index in [9.17, 15) is 11.0 Å². The van der Waals surface area contributed by atoms with Crippen LogP contribution in [0.1, 0.15) is 42.8 Å². The Hall–Kier alpha value is -5.66. The predicted molar refractivity (Wildman–Crippen MR) is 195 cm³/mol. The van der Waals surface area contributed by atoms with Gasteiger partial charge in [0.05, 0.1) is 29.0 Å². The lowest BCUT2D eigenvalue weighted by molar-refractivity contribution is 0.666. The van der Waals surface area contributed by atoms with Crippen molar-refractivity contribution in [3.05, 3.63) is 162 Å². The maximum absolute atomic E-state index is 9.68. The Labute approximate surface area is 286 Å². The molecule has 0 aliphatic heterocycles. The maximum atomic E-state index is 9.68. The van der Waals surface area contributed by atoms with Crippen LogP contribution in [-0.2, 0) is 5.41 Å². The standard InChI is InChI=1S/C45H31N/c1-45(2)38-18-10-9-16-37(38)44-43(45)42-34(17-11-19-39(42)46(44)31-14-7-4-8-15-31)33-25-21-30-22-26-35-32(28-12-5-3-6-13-28)24-20-29-23-27-36(33)41(30)40(29)35/h3-27H,1-2H3/i3D,5D,6D,12D,13D,20D,21D,22D,23D,24D,25D,26D,27D. The maximum Gasteiger partial charge on any atom is 0.0630 e. The minimum absolute atomic E-state index is 0.0124. The highest BCUT2D eigenvalue weighted by molar-refractivity contribution is 6.28. The molecule has 46 heavy (non-hydrogen) atoms. The van der Waals surface area contributed by atoms with E-state index in [0.717, 1.165) is 39.0 Å². The van der Waals surface area contributed by atoms with Crippen LogP contribution < -0.4 is 0 Å². The van der Waals surface area contributed by atoms with Crippen molar-refractivity contribution in [3.8, 4) is 39.2 Å². The molecule has 10 rings (SSSR count). The molecule has 0 saturated heterocycles. The molecule has 0 saturated carbocycles. The van der Waals surface area contributed by atoms with Gasteiger partial charge in [-0.25, -0.2) is 0 Å². The molecule has 1 aromatic heterocycles. The first kappa shape index (κ1) is 16.1. The molecule has 1 heteroatoms. The summed E-state index contributed by atoms with van der Waals surface area (Å²) in [5.74, 6) is 0. The first-order chi connectivity index (χ1) is 28.0. The Bertz CT molecular complexity index is 3360. The van der Waals surface area contributed by atoms with Crippen molar-refractivity contribution in [2.75, 3.05) is 0 Å². The van der Waals surface area contributed by atoms with E-state index in [0.29, 0.717) is 5.56 Å². The number of hydrogen-bond acceptors (Lipinski definition) is 0. The lowest BCUT2D eigenvalue weighted by Gasteiger charge is -2.23. The second-order valence-corrected chi connectivity index (χ2v) is 12.3. The molecule has 0 amide bonds. The summed E-state index contributed by atoms with van der Waals surface area (Å²) in [7, 11) is 0. The SMILES string of the molecule is [2H]c1c([2H])c([2H])c(-c2c([2H])c([2H])c3c([2H])c([2H])c4c(-c5cccc6c5c5c(n6-c6ccccc6)-c6ccccc6C5(C)C)c([2H])c([2H])c5c([2H])c([2H])c2c3c54)c([2H])c1[2H]. The Kier molecular flexibility index (Phi) is 3.21. The average molecular weight is 599 g/mol. The third-order valence-electron chi connectivity index (χ3n) is 9.51. The third-order valence-corrected chi connectivity index (χ3v) is 9.51. The first-order valence-electron chi connectivity index (χ1n) is 21.7. The van der Waals surface area contributed by atoms with E-state index >= 15 is 0 Å². The Morgan fingerprint density at radius 1 is 0.522 bits per heavy atom. The van der Waals surface area contributed by atoms with Gasteiger partial charge in [-0.05, 0) is 83.9 Å². The summed E-state index contributed by atoms with van der Waals surface area (Å²) in [5.41, 5.74) is 5.08. The van der Waals surface area contributed by atoms with Gasteiger partial charge in [0.1, 0.15) is 0 Å². The van der Waals surface area contributed by atoms with Crippen LogP contribution in [0, 0.1) is 0 Å². The number of para-hydroxylation sites is 1. The molecule has 0 atom stereocenters. The lowest BCUT2D eigenvalue weighted by Crippen LogP contribution is -2.15. The molecule has 0 fully saturated rings. The van der Waals surface area contributed by atoms with Crippen molar-refractivity contribution < 1.29 is 17.8 Å². The number of nitrogens with zero attached hydrogens (tertiary/aromatic N) is 1. The molecule has 1 aliphatic carbocycles. The van der Waals surface area contributed by atoms with Crippen LogP contribution >= 0.6 is 0 Å². The van der Waals surface area contributed by atoms with Crippen LogP contribution in [0.25, 0.3) is 82.4 Å². The van der Waals surface area contributed by atoms with Gasteiger partial charge in [-0.2, -0.15) is 0 Å². The van der Waals surface area contributed by atoms with Crippen LogP contribution in [0.2, 0.25) is 0 Å². The van der Waals surface area contributed by atoms with E-state index in [1.54, 1.807) is 0 Å². The fourth-order valence-corrected chi connectivity index (χ4v) is 7.58. The summed E-state index contributed by atoms with van der Waals surface area (Å²) >= 11 is 0. The van der Waals surface area contributed by atoms with E-state index < -0.39 is 83.5 Å². The van der Waals surface area contributed by atoms with Gasteiger partial charge >= 0.3 is 0 Å². The molecule has 1 heterocycles. The number of rotatable bonds is 3. The van der Waals surface area contributed by atoms with Crippen molar-refractivity contribution in [2.24, 2.45) is 0 Å². The van der Waals surface area contributed by atoms with Crippen molar-refractivity contribution in [1.82, 2.24) is 4.57 Å². The van der Waals surface area contributed by atoms with Gasteiger partial charge in [0.15, 0.2) is 0 Å². The quantitative estimate of drug-likeness (QED) is 0.178. The molecule has 0 unspecified atom stereocenters. The van der Waals surface area contributed by atoms with Crippen LogP contribution in [-0.4, -0.2) is 4.57 Å². The summed E-state index contributed by atoms with van der Waals surface area (Å²) in [6, 6.07) is 16.5. The highest BCUT2D eigenvalue weighted by atomic mass is 15.0. The molecule has 9 aromatic rings. The van der Waals surface area contributed by atoms with Gasteiger partial charge in [0.25, 0.3) is 0 Å². The molecule has 1 nitrogen and oxygen atoms in total. The number of aromatic nitrogens is 1. The van der Waals surface area contributed by atoms with Gasteiger partial charge in [0.2, 0.25) is 0 Å². The highest BCUT2D eigenvalue weighted by Gasteiger charge is 2.41. The van der Waals surface area contributed by atoms with E-state index in [1.807, 2.05) is 60.7 Å². The number of benzene rings is 8. The largest absolute Gasteiger partial charge is 0.309 e. The Balaban J connectivity index is 1.45. The molecular formula is C45H31N. The second kappa shape index (κ2) is 9.19. The zero-order chi connectivity index (χ0) is 41.9. The van der Waals surface area contributed by atoms with Crippen molar-refractivity contribution in [3.63, 3.8) is 0 Å². The number of hydrogen-bond donors (Lipinski definition) is 0. The molecule has 0 N–H and O–H groups in total. The van der Waals surface area contributed by atoms with Crippen LogP contribution in [0.15, 0.2) is 151 Å². The summed E-state index contributed by atoms with van der Waals surface area (Å²) in [4.78, 5) is 0. The fraction of sp³-hybridized carbons (Fsp3) is 0.0667. The van der Waals surface area contributed by atoms with E-state index in [-0.39, 0.29) is 49.5 Å². The monoisotopic (exact) mass is 598 g/mol.